The van der Waals surface area contributed by atoms with Crippen LogP contribution < -0.4 is 10.3 Å². The van der Waals surface area contributed by atoms with E-state index in [1.165, 1.54) is 21.8 Å². The number of aryl methyl sites for hydroxylation is 3. The van der Waals surface area contributed by atoms with Gasteiger partial charge in [-0.1, -0.05) is 6.07 Å². The first kappa shape index (κ1) is 17.2. The summed E-state index contributed by atoms with van der Waals surface area (Å²) in [7, 11) is 0. The van der Waals surface area contributed by atoms with Crippen molar-refractivity contribution in [2.24, 2.45) is 0 Å². The topological polar surface area (TPSA) is 69.9 Å². The highest BCUT2D eigenvalue weighted by atomic mass is 32.1. The minimum Gasteiger partial charge on any atom is -0.482 e. The van der Waals surface area contributed by atoms with Crippen molar-refractivity contribution in [1.82, 2.24) is 9.38 Å². The summed E-state index contributed by atoms with van der Waals surface area (Å²) in [5.74, 6) is 0.116. The lowest BCUT2D eigenvalue weighted by atomic mass is 10.1. The highest BCUT2D eigenvalue weighted by molar-refractivity contribution is 7.15. The summed E-state index contributed by atoms with van der Waals surface area (Å²) in [6, 6.07) is 7.12. The fourth-order valence-electron chi connectivity index (χ4n) is 2.53. The number of fused-ring (bicyclic) bond motifs is 1. The summed E-state index contributed by atoms with van der Waals surface area (Å²) in [4.78, 5) is 28.8. The van der Waals surface area contributed by atoms with Gasteiger partial charge in [-0.3, -0.25) is 9.20 Å². The monoisotopic (exact) mass is 358 g/mol. The number of carbonyl (C=O) groups is 1. The van der Waals surface area contributed by atoms with Gasteiger partial charge in [0, 0.05) is 17.1 Å². The van der Waals surface area contributed by atoms with Crippen molar-refractivity contribution in [3.8, 4) is 5.75 Å². The number of thiazole rings is 1. The molecule has 0 aliphatic rings. The third-order valence-electron chi connectivity index (χ3n) is 3.56. The Morgan fingerprint density at radius 1 is 1.16 bits per heavy atom. The third kappa shape index (κ3) is 4.06. The Morgan fingerprint density at radius 2 is 1.88 bits per heavy atom. The molecule has 0 N–H and O–H groups in total. The second kappa shape index (κ2) is 7.06. The van der Waals surface area contributed by atoms with Gasteiger partial charge in [0.25, 0.3) is 5.56 Å². The molecule has 0 fully saturated rings. The van der Waals surface area contributed by atoms with Crippen LogP contribution in [-0.4, -0.2) is 22.0 Å². The zero-order valence-corrected chi connectivity index (χ0v) is 15.1. The van der Waals surface area contributed by atoms with Crippen LogP contribution in [0.1, 0.15) is 22.5 Å². The predicted octanol–water partition coefficient (Wildman–Crippen LogP) is 2.80. The van der Waals surface area contributed by atoms with Crippen molar-refractivity contribution in [2.75, 3.05) is 6.61 Å². The van der Waals surface area contributed by atoms with Crippen LogP contribution in [0.3, 0.4) is 0 Å². The van der Waals surface area contributed by atoms with Gasteiger partial charge in [-0.15, -0.1) is 11.3 Å². The second-order valence-corrected chi connectivity index (χ2v) is 6.69. The van der Waals surface area contributed by atoms with Crippen molar-refractivity contribution in [1.29, 1.82) is 0 Å². The van der Waals surface area contributed by atoms with E-state index in [2.05, 4.69) is 4.98 Å². The fourth-order valence-corrected chi connectivity index (χ4v) is 3.42. The molecule has 2 aromatic heterocycles. The van der Waals surface area contributed by atoms with E-state index in [-0.39, 0.29) is 18.8 Å². The lowest BCUT2D eigenvalue weighted by Gasteiger charge is -2.08. The molecule has 0 radical (unpaired) electrons. The summed E-state index contributed by atoms with van der Waals surface area (Å²) in [6.07, 6.45) is 0. The second-order valence-electron chi connectivity index (χ2n) is 5.85. The molecule has 0 spiro atoms. The maximum absolute atomic E-state index is 12.1. The summed E-state index contributed by atoms with van der Waals surface area (Å²) in [5, 5.41) is 1.86. The highest BCUT2D eigenvalue weighted by Crippen LogP contribution is 2.16. The number of ether oxygens (including phenoxy) is 2. The molecule has 0 aliphatic heterocycles. The minimum absolute atomic E-state index is 0.0578. The van der Waals surface area contributed by atoms with Gasteiger partial charge in [-0.25, -0.2) is 9.78 Å². The molecule has 6 nitrogen and oxygen atoms in total. The van der Waals surface area contributed by atoms with E-state index in [1.54, 1.807) is 0 Å². The van der Waals surface area contributed by atoms with Crippen molar-refractivity contribution in [3.05, 3.63) is 62.5 Å². The molecule has 130 valence electrons. The number of hydrogen-bond acceptors (Lipinski definition) is 6. The molecule has 1 aromatic carbocycles. The Morgan fingerprint density at radius 3 is 2.60 bits per heavy atom. The fraction of sp³-hybridized carbons (Fsp3) is 0.278. The van der Waals surface area contributed by atoms with Crippen LogP contribution in [-0.2, 0) is 16.1 Å². The standard InChI is InChI=1S/C18H18N2O4S/c1-11-4-12(2)6-15(5-11)23-9-17(22)24-8-14-7-16(21)20-13(3)10-25-18(20)19-14/h4-7,10H,8-9H2,1-3H3. The van der Waals surface area contributed by atoms with Gasteiger partial charge >= 0.3 is 5.97 Å². The molecule has 0 bridgehead atoms. The molecular formula is C18H18N2O4S. The van der Waals surface area contributed by atoms with Crippen LogP contribution >= 0.6 is 11.3 Å². The molecule has 7 heteroatoms. The van der Waals surface area contributed by atoms with Gasteiger partial charge < -0.3 is 9.47 Å². The molecule has 0 atom stereocenters. The molecule has 0 aliphatic carbocycles. The molecule has 0 saturated heterocycles. The summed E-state index contributed by atoms with van der Waals surface area (Å²) >= 11 is 1.37. The lowest BCUT2D eigenvalue weighted by Crippen LogP contribution is -2.18. The smallest absolute Gasteiger partial charge is 0.344 e. The first-order valence-corrected chi connectivity index (χ1v) is 8.64. The van der Waals surface area contributed by atoms with Gasteiger partial charge in [-0.05, 0) is 44.0 Å². The Labute approximate surface area is 148 Å². The molecule has 3 rings (SSSR count). The van der Waals surface area contributed by atoms with Gasteiger partial charge in [0.05, 0.1) is 5.69 Å². The average Bonchev–Trinajstić information content (AvgIpc) is 2.92. The molecule has 3 aromatic rings. The van der Waals surface area contributed by atoms with E-state index in [0.717, 1.165) is 16.8 Å². The van der Waals surface area contributed by atoms with Crippen LogP contribution in [0.15, 0.2) is 34.4 Å². The molecule has 0 amide bonds. The zero-order valence-electron chi connectivity index (χ0n) is 14.2. The summed E-state index contributed by atoms with van der Waals surface area (Å²) in [5.41, 5.74) is 3.20. The summed E-state index contributed by atoms with van der Waals surface area (Å²) < 4.78 is 12.1. The van der Waals surface area contributed by atoms with Crippen molar-refractivity contribution in [3.63, 3.8) is 0 Å². The highest BCUT2D eigenvalue weighted by Gasteiger charge is 2.10. The first-order valence-electron chi connectivity index (χ1n) is 7.76. The Bertz CT molecular complexity index is 970. The van der Waals surface area contributed by atoms with E-state index >= 15 is 0 Å². The number of hydrogen-bond donors (Lipinski definition) is 0. The van der Waals surface area contributed by atoms with E-state index in [9.17, 15) is 9.59 Å². The predicted molar refractivity (Wildman–Crippen MR) is 95.3 cm³/mol. The Balaban J connectivity index is 1.59. The number of nitrogens with zero attached hydrogens (tertiary/aromatic N) is 2. The maximum Gasteiger partial charge on any atom is 0.344 e. The zero-order chi connectivity index (χ0) is 18.0. The normalized spacial score (nSPS) is 10.8. The van der Waals surface area contributed by atoms with Crippen molar-refractivity contribution < 1.29 is 14.3 Å². The van der Waals surface area contributed by atoms with Gasteiger partial charge in [-0.2, -0.15) is 0 Å². The largest absolute Gasteiger partial charge is 0.482 e. The Kier molecular flexibility index (Phi) is 4.85. The maximum atomic E-state index is 12.1. The van der Waals surface area contributed by atoms with Crippen LogP contribution in [0.2, 0.25) is 0 Å². The number of rotatable bonds is 5. The van der Waals surface area contributed by atoms with E-state index in [0.29, 0.717) is 16.4 Å². The minimum atomic E-state index is -0.511. The van der Waals surface area contributed by atoms with Crippen LogP contribution in [0, 0.1) is 20.8 Å². The number of benzene rings is 1. The quantitative estimate of drug-likeness (QED) is 0.656. The molecule has 2 heterocycles. The average molecular weight is 358 g/mol. The van der Waals surface area contributed by atoms with Crippen molar-refractivity contribution >= 4 is 22.3 Å². The van der Waals surface area contributed by atoms with Gasteiger partial charge in [0.2, 0.25) is 0 Å². The summed E-state index contributed by atoms with van der Waals surface area (Å²) in [6.45, 7) is 5.52. The molecule has 0 saturated carbocycles. The number of esters is 1. The van der Waals surface area contributed by atoms with E-state index in [4.69, 9.17) is 9.47 Å². The first-order chi connectivity index (χ1) is 11.9. The lowest BCUT2D eigenvalue weighted by molar-refractivity contribution is -0.147. The molecule has 25 heavy (non-hydrogen) atoms. The van der Waals surface area contributed by atoms with Gasteiger partial charge in [0.1, 0.15) is 12.4 Å². The van der Waals surface area contributed by atoms with Crippen LogP contribution in [0.5, 0.6) is 5.75 Å². The van der Waals surface area contributed by atoms with Crippen LogP contribution in [0.25, 0.3) is 4.96 Å². The van der Waals surface area contributed by atoms with E-state index in [1.807, 2.05) is 44.4 Å². The molecule has 0 unspecified atom stereocenters. The number of carbonyl (C=O) groups excluding carboxylic acids is 1. The molecular weight excluding hydrogens is 340 g/mol. The van der Waals surface area contributed by atoms with Crippen molar-refractivity contribution in [2.45, 2.75) is 27.4 Å². The van der Waals surface area contributed by atoms with E-state index < -0.39 is 5.97 Å². The van der Waals surface area contributed by atoms with Crippen LogP contribution in [0.4, 0.5) is 0 Å². The van der Waals surface area contributed by atoms with Gasteiger partial charge in [0.15, 0.2) is 11.6 Å². The Hall–Kier alpha value is -2.67. The number of aromatic nitrogens is 2. The third-order valence-corrected chi connectivity index (χ3v) is 4.51. The SMILES string of the molecule is Cc1cc(C)cc(OCC(=O)OCc2cc(=O)n3c(C)csc3n2)c1.